The molecule has 1 aliphatic heterocycles. The van der Waals surface area contributed by atoms with Crippen molar-refractivity contribution in [1.82, 2.24) is 25.0 Å². The van der Waals surface area contributed by atoms with E-state index in [-0.39, 0.29) is 17.7 Å². The number of nitrogens with one attached hydrogen (secondary N) is 1. The summed E-state index contributed by atoms with van der Waals surface area (Å²) in [6.45, 7) is 1.87. The molecule has 8 nitrogen and oxygen atoms in total. The van der Waals surface area contributed by atoms with Crippen LogP contribution in [-0.4, -0.2) is 38.1 Å². The summed E-state index contributed by atoms with van der Waals surface area (Å²) in [4.78, 5) is 6.57. The third-order valence-electron chi connectivity index (χ3n) is 8.71. The summed E-state index contributed by atoms with van der Waals surface area (Å²) in [5.74, 6) is 2.24. The third kappa shape index (κ3) is 4.60. The summed E-state index contributed by atoms with van der Waals surface area (Å²) in [6, 6.07) is 15.6. The summed E-state index contributed by atoms with van der Waals surface area (Å²) >= 11 is 0. The second kappa shape index (κ2) is 9.94. The van der Waals surface area contributed by atoms with Gasteiger partial charge in [0.2, 0.25) is 11.9 Å². The zero-order valence-electron chi connectivity index (χ0n) is 22.0. The van der Waals surface area contributed by atoms with Gasteiger partial charge >= 0.3 is 0 Å². The first-order valence-electron chi connectivity index (χ1n) is 14.1. The van der Waals surface area contributed by atoms with Crippen molar-refractivity contribution in [2.45, 2.75) is 51.4 Å². The Morgan fingerprint density at radius 2 is 1.74 bits per heavy atom. The van der Waals surface area contributed by atoms with E-state index in [9.17, 15) is 0 Å². The van der Waals surface area contributed by atoms with Crippen molar-refractivity contribution in [2.24, 2.45) is 11.8 Å². The fourth-order valence-electron chi connectivity index (χ4n) is 6.71. The molecule has 7 rings (SSSR count). The number of aryl methyl sites for hydroxylation is 2. The molecule has 0 spiro atoms. The van der Waals surface area contributed by atoms with E-state index in [1.165, 1.54) is 42.0 Å². The van der Waals surface area contributed by atoms with Gasteiger partial charge in [-0.05, 0) is 79.3 Å². The fraction of sp³-hybridized carbons (Fsp3) is 0.400. The van der Waals surface area contributed by atoms with Gasteiger partial charge in [0.1, 0.15) is 5.82 Å². The Kier molecular flexibility index (Phi) is 6.14. The number of piperidine rings is 1. The molecule has 39 heavy (non-hydrogen) atoms. The van der Waals surface area contributed by atoms with E-state index < -0.39 is 0 Å². The second-order valence-corrected chi connectivity index (χ2v) is 11.1. The van der Waals surface area contributed by atoms with E-state index in [1.807, 2.05) is 24.3 Å². The number of benzene rings is 2. The number of nitrogens with two attached hydrogens (primary N) is 1. The molecule has 2 aliphatic carbocycles. The summed E-state index contributed by atoms with van der Waals surface area (Å²) in [6.07, 6.45) is 9.34. The Balaban J connectivity index is 1.10. The lowest BCUT2D eigenvalue weighted by Gasteiger charge is -2.42. The van der Waals surface area contributed by atoms with Crippen LogP contribution in [0.1, 0.15) is 49.7 Å². The van der Waals surface area contributed by atoms with Crippen molar-refractivity contribution >= 4 is 23.3 Å². The Labute approximate surface area is 227 Å². The lowest BCUT2D eigenvalue weighted by atomic mass is 9.75. The molecule has 1 saturated heterocycles. The molecule has 200 valence electrons. The van der Waals surface area contributed by atoms with Crippen LogP contribution in [0.2, 0.25) is 0 Å². The molecule has 3 N–H and O–H groups in total. The topological polar surface area (TPSA) is 97.8 Å². The smallest absolute Gasteiger partial charge is 0.248 e. The molecule has 3 heterocycles. The zero-order chi connectivity index (χ0) is 26.3. The van der Waals surface area contributed by atoms with Gasteiger partial charge in [-0.2, -0.15) is 9.67 Å². The Morgan fingerprint density at radius 1 is 0.897 bits per heavy atom. The number of fused-ring (bicyclic) bond motifs is 4. The van der Waals surface area contributed by atoms with E-state index in [0.717, 1.165) is 61.5 Å². The van der Waals surface area contributed by atoms with E-state index in [4.69, 9.17) is 5.73 Å². The predicted octanol–water partition coefficient (Wildman–Crippen LogP) is 5.69. The molecule has 0 radical (unpaired) electrons. The Bertz CT molecular complexity index is 1510. The largest absolute Gasteiger partial charge is 0.369 e. The van der Waals surface area contributed by atoms with Gasteiger partial charge in [-0.25, -0.2) is 4.39 Å². The van der Waals surface area contributed by atoms with Gasteiger partial charge in [0.15, 0.2) is 5.82 Å². The van der Waals surface area contributed by atoms with Crippen LogP contribution >= 0.6 is 0 Å². The number of hydrogen-bond donors (Lipinski definition) is 2. The molecule has 2 fully saturated rings. The lowest BCUT2D eigenvalue weighted by molar-refractivity contribution is 0.202. The highest BCUT2D eigenvalue weighted by atomic mass is 19.1. The number of rotatable bonds is 4. The van der Waals surface area contributed by atoms with E-state index in [0.29, 0.717) is 23.1 Å². The number of hydrogen-bond acceptors (Lipinski definition) is 7. The van der Waals surface area contributed by atoms with Crippen LogP contribution in [0.5, 0.6) is 0 Å². The Hall–Kier alpha value is -4.01. The van der Waals surface area contributed by atoms with Crippen molar-refractivity contribution in [3.05, 3.63) is 65.5 Å². The maximum absolute atomic E-state index is 15.2. The van der Waals surface area contributed by atoms with Gasteiger partial charge < -0.3 is 16.0 Å². The predicted molar refractivity (Wildman–Crippen MR) is 151 cm³/mol. The molecule has 0 bridgehead atoms. The number of aromatic nitrogens is 5. The maximum Gasteiger partial charge on any atom is 0.248 e. The first-order chi connectivity index (χ1) is 19.1. The molecule has 2 aromatic heterocycles. The molecule has 9 heteroatoms. The quantitative estimate of drug-likeness (QED) is 0.354. The Morgan fingerprint density at radius 3 is 2.64 bits per heavy atom. The van der Waals surface area contributed by atoms with Crippen LogP contribution in [0.3, 0.4) is 0 Å². The van der Waals surface area contributed by atoms with Crippen molar-refractivity contribution in [3.63, 3.8) is 0 Å². The number of anilines is 4. The van der Waals surface area contributed by atoms with Crippen LogP contribution in [0, 0.1) is 17.7 Å². The number of halogens is 1. The number of nitrogen functional groups attached to an aromatic ring is 1. The van der Waals surface area contributed by atoms with Gasteiger partial charge in [-0.3, -0.25) is 0 Å². The monoisotopic (exact) mass is 524 g/mol. The fourth-order valence-corrected chi connectivity index (χ4v) is 6.71. The molecule has 3 aliphatic rings. The van der Waals surface area contributed by atoms with Crippen molar-refractivity contribution < 1.29 is 4.39 Å². The SMILES string of the molecule is Nc1nc(Nc2ccc(N3CC[C@H]4CCCC[C@@H]4C3)c(F)c2)nn1-c1cc2c(nn1)-c1ccccc1CCC2. The van der Waals surface area contributed by atoms with Crippen LogP contribution in [-0.2, 0) is 12.8 Å². The first-order valence-corrected chi connectivity index (χ1v) is 14.1. The van der Waals surface area contributed by atoms with E-state index in [2.05, 4.69) is 48.7 Å². The molecule has 0 unspecified atom stereocenters. The average molecular weight is 525 g/mol. The van der Waals surface area contributed by atoms with E-state index >= 15 is 4.39 Å². The summed E-state index contributed by atoms with van der Waals surface area (Å²) in [7, 11) is 0. The average Bonchev–Trinajstić information content (AvgIpc) is 3.21. The minimum Gasteiger partial charge on any atom is -0.369 e. The molecule has 1 saturated carbocycles. The van der Waals surface area contributed by atoms with Gasteiger partial charge in [0, 0.05) is 24.3 Å². The van der Waals surface area contributed by atoms with E-state index in [1.54, 1.807) is 0 Å². The van der Waals surface area contributed by atoms with Crippen LogP contribution in [0.4, 0.5) is 27.7 Å². The highest BCUT2D eigenvalue weighted by molar-refractivity contribution is 5.68. The van der Waals surface area contributed by atoms with Gasteiger partial charge in [0.05, 0.1) is 11.4 Å². The molecule has 4 aromatic rings. The number of nitrogens with zero attached hydrogens (tertiary/aromatic N) is 6. The van der Waals surface area contributed by atoms with Gasteiger partial charge in [0.25, 0.3) is 0 Å². The molecular weight excluding hydrogens is 491 g/mol. The molecule has 2 atom stereocenters. The summed E-state index contributed by atoms with van der Waals surface area (Å²) < 4.78 is 16.7. The first kappa shape index (κ1) is 24.1. The molecule has 0 amide bonds. The zero-order valence-corrected chi connectivity index (χ0v) is 22.0. The molecular formula is C30H33FN8. The minimum atomic E-state index is -0.237. The highest BCUT2D eigenvalue weighted by Crippen LogP contribution is 2.38. The summed E-state index contributed by atoms with van der Waals surface area (Å²) in [5, 5.41) is 16.6. The summed E-state index contributed by atoms with van der Waals surface area (Å²) in [5.41, 5.74) is 11.9. The maximum atomic E-state index is 15.2. The minimum absolute atomic E-state index is 0.188. The van der Waals surface area contributed by atoms with Crippen LogP contribution in [0.25, 0.3) is 17.1 Å². The normalized spacial score (nSPS) is 20.5. The lowest BCUT2D eigenvalue weighted by Crippen LogP contribution is -2.42. The standard InChI is InChI=1S/C30H33FN8/c31-25-17-23(12-13-26(25)38-15-14-19-6-1-2-8-22(19)18-38)33-30-34-29(32)39(37-30)27-16-21-10-5-9-20-7-3-4-11-24(20)28(21)36-35-27/h3-4,7,11-13,16-17,19,22H,1-2,5-6,8-10,14-15,18H2,(H3,32,33,34,37)/t19-,22-/m1/s1. The van der Waals surface area contributed by atoms with Crippen molar-refractivity contribution in [1.29, 1.82) is 0 Å². The molecule has 2 aromatic carbocycles. The highest BCUT2D eigenvalue weighted by Gasteiger charge is 2.32. The second-order valence-electron chi connectivity index (χ2n) is 11.1. The van der Waals surface area contributed by atoms with Crippen LogP contribution in [0.15, 0.2) is 48.5 Å². The van der Waals surface area contributed by atoms with Crippen molar-refractivity contribution in [2.75, 3.05) is 29.0 Å². The third-order valence-corrected chi connectivity index (χ3v) is 8.71. The van der Waals surface area contributed by atoms with Gasteiger partial charge in [-0.1, -0.05) is 43.5 Å². The van der Waals surface area contributed by atoms with Crippen LogP contribution < -0.4 is 16.0 Å². The van der Waals surface area contributed by atoms with Gasteiger partial charge in [-0.15, -0.1) is 15.3 Å². The van der Waals surface area contributed by atoms with Crippen molar-refractivity contribution in [3.8, 4) is 17.1 Å².